The Balaban J connectivity index is 1.85. The molecule has 4 nitrogen and oxygen atoms in total. The zero-order chi connectivity index (χ0) is 18.0. The Kier molecular flexibility index (Phi) is 4.70. The van der Waals surface area contributed by atoms with Crippen LogP contribution in [0, 0.1) is 34.6 Å². The molecule has 0 radical (unpaired) electrons. The Labute approximate surface area is 149 Å². The van der Waals surface area contributed by atoms with Gasteiger partial charge in [-0.2, -0.15) is 10.2 Å². The van der Waals surface area contributed by atoms with Gasteiger partial charge in [0.25, 0.3) is 0 Å². The van der Waals surface area contributed by atoms with Crippen molar-refractivity contribution in [1.82, 2.24) is 9.78 Å². The fourth-order valence-corrected chi connectivity index (χ4v) is 2.75. The first-order valence-corrected chi connectivity index (χ1v) is 8.45. The standard InChI is InChI=1S/C21H24N4/c1-14-6-9-19(10-7-14)23-22-13-21-17(4)24-25(18(21)5)20-11-8-15(2)16(3)12-20/h6-13,23H,1-5H3/b22-13+. The third kappa shape index (κ3) is 3.63. The van der Waals surface area contributed by atoms with E-state index in [0.29, 0.717) is 0 Å². The molecule has 0 aliphatic carbocycles. The normalized spacial score (nSPS) is 11.2. The largest absolute Gasteiger partial charge is 0.279 e. The van der Waals surface area contributed by atoms with Crippen molar-refractivity contribution in [2.75, 3.05) is 5.43 Å². The van der Waals surface area contributed by atoms with E-state index < -0.39 is 0 Å². The summed E-state index contributed by atoms with van der Waals surface area (Å²) in [6, 6.07) is 14.6. The van der Waals surface area contributed by atoms with Crippen molar-refractivity contribution in [2.24, 2.45) is 5.10 Å². The monoisotopic (exact) mass is 332 g/mol. The highest BCUT2D eigenvalue weighted by Crippen LogP contribution is 2.19. The predicted octanol–water partition coefficient (Wildman–Crippen LogP) is 4.86. The Morgan fingerprint density at radius 2 is 1.64 bits per heavy atom. The van der Waals surface area contributed by atoms with Crippen molar-refractivity contribution in [2.45, 2.75) is 34.6 Å². The second kappa shape index (κ2) is 6.93. The van der Waals surface area contributed by atoms with Crippen LogP contribution in [0.15, 0.2) is 47.6 Å². The molecule has 3 rings (SSSR count). The van der Waals surface area contributed by atoms with E-state index in [9.17, 15) is 0 Å². The van der Waals surface area contributed by atoms with Gasteiger partial charge in [0.15, 0.2) is 0 Å². The zero-order valence-corrected chi connectivity index (χ0v) is 15.5. The smallest absolute Gasteiger partial charge is 0.0689 e. The molecule has 0 amide bonds. The topological polar surface area (TPSA) is 42.2 Å². The molecule has 0 bridgehead atoms. The van der Waals surface area contributed by atoms with Crippen molar-refractivity contribution in [3.8, 4) is 5.69 Å². The van der Waals surface area contributed by atoms with Gasteiger partial charge in [-0.15, -0.1) is 0 Å². The first-order chi connectivity index (χ1) is 12.0. The Hall–Kier alpha value is -2.88. The van der Waals surface area contributed by atoms with E-state index in [4.69, 9.17) is 0 Å². The molecule has 0 unspecified atom stereocenters. The molecule has 0 aliphatic rings. The van der Waals surface area contributed by atoms with Gasteiger partial charge in [0.1, 0.15) is 0 Å². The Morgan fingerprint density at radius 3 is 2.32 bits per heavy atom. The summed E-state index contributed by atoms with van der Waals surface area (Å²) in [5.41, 5.74) is 12.0. The summed E-state index contributed by atoms with van der Waals surface area (Å²) in [6.07, 6.45) is 1.84. The SMILES string of the molecule is Cc1ccc(N/N=C/c2c(C)nn(-c3ccc(C)c(C)c3)c2C)cc1. The number of hydrogen-bond donors (Lipinski definition) is 1. The van der Waals surface area contributed by atoms with E-state index >= 15 is 0 Å². The summed E-state index contributed by atoms with van der Waals surface area (Å²) in [4.78, 5) is 0. The van der Waals surface area contributed by atoms with Gasteiger partial charge >= 0.3 is 0 Å². The molecule has 0 spiro atoms. The summed E-state index contributed by atoms with van der Waals surface area (Å²) >= 11 is 0. The van der Waals surface area contributed by atoms with Gasteiger partial charge < -0.3 is 0 Å². The number of nitrogens with zero attached hydrogens (tertiary/aromatic N) is 3. The van der Waals surface area contributed by atoms with E-state index in [0.717, 1.165) is 28.3 Å². The van der Waals surface area contributed by atoms with E-state index in [1.54, 1.807) is 0 Å². The Morgan fingerprint density at radius 1 is 0.920 bits per heavy atom. The molecule has 4 heteroatoms. The van der Waals surface area contributed by atoms with Gasteiger partial charge in [0, 0.05) is 5.56 Å². The molecule has 2 aromatic carbocycles. The van der Waals surface area contributed by atoms with Crippen LogP contribution in [0.3, 0.4) is 0 Å². The van der Waals surface area contributed by atoms with Gasteiger partial charge in [-0.05, 0) is 70.0 Å². The second-order valence-corrected chi connectivity index (χ2v) is 6.50. The Bertz CT molecular complexity index is 918. The molecule has 25 heavy (non-hydrogen) atoms. The number of rotatable bonds is 4. The summed E-state index contributed by atoms with van der Waals surface area (Å²) < 4.78 is 1.98. The highest BCUT2D eigenvalue weighted by atomic mass is 15.3. The molecular formula is C21H24N4. The zero-order valence-electron chi connectivity index (χ0n) is 15.5. The average Bonchev–Trinajstić information content (AvgIpc) is 2.87. The minimum absolute atomic E-state index is 0.963. The van der Waals surface area contributed by atoms with Crippen molar-refractivity contribution in [3.63, 3.8) is 0 Å². The number of anilines is 1. The van der Waals surface area contributed by atoms with Gasteiger partial charge in [-0.25, -0.2) is 4.68 Å². The summed E-state index contributed by atoms with van der Waals surface area (Å²) in [6.45, 7) is 10.4. The van der Waals surface area contributed by atoms with Gasteiger partial charge in [-0.1, -0.05) is 23.8 Å². The third-order valence-electron chi connectivity index (χ3n) is 4.52. The van der Waals surface area contributed by atoms with Crippen molar-refractivity contribution >= 4 is 11.9 Å². The quantitative estimate of drug-likeness (QED) is 0.547. The average molecular weight is 332 g/mol. The van der Waals surface area contributed by atoms with Crippen LogP contribution in [0.2, 0.25) is 0 Å². The van der Waals surface area contributed by atoms with Crippen LogP contribution in [-0.2, 0) is 0 Å². The first-order valence-electron chi connectivity index (χ1n) is 8.45. The fourth-order valence-electron chi connectivity index (χ4n) is 2.75. The number of hydrazone groups is 1. The molecular weight excluding hydrogens is 308 g/mol. The maximum Gasteiger partial charge on any atom is 0.0689 e. The molecule has 1 N–H and O–H groups in total. The summed E-state index contributed by atoms with van der Waals surface area (Å²) in [5, 5.41) is 9.06. The highest BCUT2D eigenvalue weighted by Gasteiger charge is 2.11. The second-order valence-electron chi connectivity index (χ2n) is 6.50. The van der Waals surface area contributed by atoms with E-state index in [1.165, 1.54) is 16.7 Å². The lowest BCUT2D eigenvalue weighted by molar-refractivity contribution is 0.832. The summed E-state index contributed by atoms with van der Waals surface area (Å²) in [7, 11) is 0. The molecule has 1 heterocycles. The third-order valence-corrected chi connectivity index (χ3v) is 4.52. The van der Waals surface area contributed by atoms with Crippen LogP contribution >= 0.6 is 0 Å². The maximum atomic E-state index is 4.69. The predicted molar refractivity (Wildman–Crippen MR) is 105 cm³/mol. The molecule has 3 aromatic rings. The lowest BCUT2D eigenvalue weighted by Gasteiger charge is -2.07. The van der Waals surface area contributed by atoms with Crippen LogP contribution in [0.5, 0.6) is 0 Å². The number of benzene rings is 2. The number of aryl methyl sites for hydroxylation is 4. The molecule has 0 saturated carbocycles. The number of hydrogen-bond acceptors (Lipinski definition) is 3. The lowest BCUT2D eigenvalue weighted by atomic mass is 10.1. The van der Waals surface area contributed by atoms with Crippen molar-refractivity contribution < 1.29 is 0 Å². The van der Waals surface area contributed by atoms with E-state index in [-0.39, 0.29) is 0 Å². The summed E-state index contributed by atoms with van der Waals surface area (Å²) in [5.74, 6) is 0. The van der Waals surface area contributed by atoms with Gasteiger partial charge in [0.2, 0.25) is 0 Å². The van der Waals surface area contributed by atoms with Crippen LogP contribution in [0.1, 0.15) is 33.6 Å². The molecule has 0 fully saturated rings. The van der Waals surface area contributed by atoms with Crippen LogP contribution < -0.4 is 5.43 Å². The number of aromatic nitrogens is 2. The van der Waals surface area contributed by atoms with Gasteiger partial charge in [0.05, 0.1) is 29.0 Å². The van der Waals surface area contributed by atoms with Gasteiger partial charge in [-0.3, -0.25) is 5.43 Å². The molecule has 1 aromatic heterocycles. The van der Waals surface area contributed by atoms with Crippen LogP contribution in [0.4, 0.5) is 5.69 Å². The number of nitrogens with one attached hydrogen (secondary N) is 1. The first kappa shape index (κ1) is 17.0. The maximum absolute atomic E-state index is 4.69. The molecule has 0 atom stereocenters. The fraction of sp³-hybridized carbons (Fsp3) is 0.238. The van der Waals surface area contributed by atoms with Crippen LogP contribution in [0.25, 0.3) is 5.69 Å². The molecule has 0 aliphatic heterocycles. The minimum Gasteiger partial charge on any atom is -0.279 e. The highest BCUT2D eigenvalue weighted by molar-refractivity contribution is 5.83. The molecule has 0 saturated heterocycles. The molecule has 128 valence electrons. The van der Waals surface area contributed by atoms with Crippen LogP contribution in [-0.4, -0.2) is 16.0 Å². The van der Waals surface area contributed by atoms with E-state index in [2.05, 4.69) is 73.7 Å². The minimum atomic E-state index is 0.963. The van der Waals surface area contributed by atoms with Crippen molar-refractivity contribution in [1.29, 1.82) is 0 Å². The lowest BCUT2D eigenvalue weighted by Crippen LogP contribution is -2.00. The van der Waals surface area contributed by atoms with E-state index in [1.807, 2.05) is 30.0 Å². The van der Waals surface area contributed by atoms with Crippen molar-refractivity contribution in [3.05, 3.63) is 76.1 Å².